The number of nitrogens with zero attached hydrogens (tertiary/aromatic N) is 2. The maximum Gasteiger partial charge on any atom is 0.0973 e. The van der Waals surface area contributed by atoms with E-state index in [0.717, 1.165) is 39.1 Å². The van der Waals surface area contributed by atoms with Crippen LogP contribution in [0.1, 0.15) is 74.9 Å². The molecule has 0 fully saturated rings. The predicted molar refractivity (Wildman–Crippen MR) is 348 cm³/mol. The summed E-state index contributed by atoms with van der Waals surface area (Å²) >= 11 is 0. The fraction of sp³-hybridized carbons (Fsp3) is 0.111. The van der Waals surface area contributed by atoms with Crippen LogP contribution in [0.5, 0.6) is 0 Å². The van der Waals surface area contributed by atoms with Gasteiger partial charge in [-0.15, -0.1) is 0 Å². The highest BCUT2D eigenvalue weighted by atomic mass is 14.8. The second-order valence-electron chi connectivity index (χ2n) is 24.9. The number of para-hydroxylation sites is 2. The molecule has 13 aromatic rings. The average molecular weight is 1060 g/mol. The zero-order chi connectivity index (χ0) is 55.9. The summed E-state index contributed by atoms with van der Waals surface area (Å²) in [6.07, 6.45) is 0. The van der Waals surface area contributed by atoms with E-state index in [1.165, 1.54) is 128 Å². The lowest BCUT2D eigenvalue weighted by Gasteiger charge is -2.24. The molecule has 0 spiro atoms. The maximum absolute atomic E-state index is 5.23. The van der Waals surface area contributed by atoms with Gasteiger partial charge in [0.2, 0.25) is 0 Å². The van der Waals surface area contributed by atoms with Crippen LogP contribution in [0.15, 0.2) is 255 Å². The summed E-state index contributed by atoms with van der Waals surface area (Å²) in [6, 6.07) is 94.7. The van der Waals surface area contributed by atoms with Crippen molar-refractivity contribution >= 4 is 21.8 Å². The van der Waals surface area contributed by atoms with Gasteiger partial charge < -0.3 is 0 Å². The molecule has 0 saturated heterocycles. The van der Waals surface area contributed by atoms with Crippen LogP contribution in [0.3, 0.4) is 0 Å². The van der Waals surface area contributed by atoms with E-state index >= 15 is 0 Å². The molecule has 0 unspecified atom stereocenters. The maximum atomic E-state index is 5.23. The molecule has 0 bridgehead atoms. The standard InChI is InChI=1S/C81H60N2/c1-79(2)69-43-56(53-21-14-20-52(41-53)55-27-26-49-16-10-11-19-51(49)40-55)28-34-63(69)65-36-30-58(45-71(65)79)60-32-38-67-68-39-33-61(48-74(68)81(5,6)73(67)47-60)59-31-37-66-64-35-29-57(44-70(64)80(3,4)72(66)46-59)54-22-15-23-62(42-54)78-77(50-17-8-7-9-18-50)82-75-24-12-13-25-76(75)83-78/h7-48H,1-6H3. The Labute approximate surface area is 486 Å². The van der Waals surface area contributed by atoms with Gasteiger partial charge in [0.05, 0.1) is 22.4 Å². The van der Waals surface area contributed by atoms with Crippen molar-refractivity contribution in [1.29, 1.82) is 0 Å². The smallest absolute Gasteiger partial charge is 0.0973 e. The van der Waals surface area contributed by atoms with Crippen molar-refractivity contribution in [2.24, 2.45) is 0 Å². The van der Waals surface area contributed by atoms with E-state index in [-0.39, 0.29) is 16.2 Å². The average Bonchev–Trinajstić information content (AvgIpc) is 3.28. The van der Waals surface area contributed by atoms with Gasteiger partial charge in [0, 0.05) is 27.4 Å². The molecule has 3 aliphatic rings. The minimum Gasteiger partial charge on any atom is -0.244 e. The Balaban J connectivity index is 0.669. The zero-order valence-corrected chi connectivity index (χ0v) is 47.6. The van der Waals surface area contributed by atoms with Gasteiger partial charge >= 0.3 is 0 Å². The third kappa shape index (κ3) is 7.69. The fourth-order valence-corrected chi connectivity index (χ4v) is 14.4. The van der Waals surface area contributed by atoms with Crippen molar-refractivity contribution in [3.63, 3.8) is 0 Å². The SMILES string of the molecule is CC1(C)c2cc(-c3cccc(-c4ccc5ccccc5c4)c3)ccc2-c2ccc(-c3ccc4c(c3)C(C)(C)c3cc(-c5ccc6c(c5)C(C)(C)c5cc(-c7cccc(-c8nc9ccccc9nc8-c8ccccc8)c7)ccc5-6)ccc3-4)cc21. The van der Waals surface area contributed by atoms with Gasteiger partial charge in [0.1, 0.15) is 0 Å². The summed E-state index contributed by atoms with van der Waals surface area (Å²) in [5.74, 6) is 0. The molecule has 0 radical (unpaired) electrons. The van der Waals surface area contributed by atoms with Crippen molar-refractivity contribution in [2.75, 3.05) is 0 Å². The molecular weight excluding hydrogens is 1000 g/mol. The zero-order valence-electron chi connectivity index (χ0n) is 47.6. The second-order valence-corrected chi connectivity index (χ2v) is 24.9. The first-order valence-electron chi connectivity index (χ1n) is 29.3. The molecule has 2 nitrogen and oxygen atoms in total. The van der Waals surface area contributed by atoms with Crippen molar-refractivity contribution in [3.8, 4) is 112 Å². The summed E-state index contributed by atoms with van der Waals surface area (Å²) in [6.45, 7) is 14.4. The van der Waals surface area contributed by atoms with Crippen molar-refractivity contribution in [1.82, 2.24) is 9.97 Å². The van der Waals surface area contributed by atoms with Crippen molar-refractivity contribution < 1.29 is 0 Å². The Kier molecular flexibility index (Phi) is 10.7. The number of hydrogen-bond donors (Lipinski definition) is 0. The lowest BCUT2D eigenvalue weighted by Crippen LogP contribution is -2.16. The molecule has 0 saturated carbocycles. The van der Waals surface area contributed by atoms with Crippen molar-refractivity contribution in [3.05, 3.63) is 288 Å². The molecule has 0 amide bonds. The van der Waals surface area contributed by atoms with Gasteiger partial charge in [-0.05, 0) is 200 Å². The highest BCUT2D eigenvalue weighted by Crippen LogP contribution is 2.55. The van der Waals surface area contributed by atoms with E-state index in [2.05, 4.69) is 266 Å². The number of benzene rings is 12. The third-order valence-corrected chi connectivity index (χ3v) is 19.1. The van der Waals surface area contributed by atoms with E-state index in [1.54, 1.807) is 0 Å². The monoisotopic (exact) mass is 1060 g/mol. The van der Waals surface area contributed by atoms with Crippen molar-refractivity contribution in [2.45, 2.75) is 57.8 Å². The van der Waals surface area contributed by atoms with Crippen LogP contribution in [-0.2, 0) is 16.2 Å². The van der Waals surface area contributed by atoms with Gasteiger partial charge in [-0.2, -0.15) is 0 Å². The van der Waals surface area contributed by atoms with Crippen LogP contribution in [-0.4, -0.2) is 9.97 Å². The van der Waals surface area contributed by atoms with Crippen LogP contribution in [0.2, 0.25) is 0 Å². The summed E-state index contributed by atoms with van der Waals surface area (Å²) in [5.41, 5.74) is 33.7. The number of fused-ring (bicyclic) bond motifs is 11. The molecule has 3 aliphatic carbocycles. The number of hydrogen-bond acceptors (Lipinski definition) is 2. The van der Waals surface area contributed by atoms with E-state index in [9.17, 15) is 0 Å². The summed E-state index contributed by atoms with van der Waals surface area (Å²) < 4.78 is 0. The van der Waals surface area contributed by atoms with Crippen LogP contribution in [0.25, 0.3) is 133 Å². The molecule has 2 heteroatoms. The lowest BCUT2D eigenvalue weighted by atomic mass is 9.79. The van der Waals surface area contributed by atoms with E-state index in [4.69, 9.17) is 9.97 Å². The molecule has 0 N–H and O–H groups in total. The lowest BCUT2D eigenvalue weighted by molar-refractivity contribution is 0.659. The van der Waals surface area contributed by atoms with Gasteiger partial charge in [-0.3, -0.25) is 0 Å². The topological polar surface area (TPSA) is 25.8 Å². The third-order valence-electron chi connectivity index (χ3n) is 19.1. The first-order chi connectivity index (χ1) is 40.3. The summed E-state index contributed by atoms with van der Waals surface area (Å²) in [7, 11) is 0. The van der Waals surface area contributed by atoms with E-state index in [0.29, 0.717) is 0 Å². The molecule has 1 aromatic heterocycles. The minimum atomic E-state index is -0.203. The van der Waals surface area contributed by atoms with Gasteiger partial charge in [0.15, 0.2) is 0 Å². The molecule has 83 heavy (non-hydrogen) atoms. The van der Waals surface area contributed by atoms with Gasteiger partial charge in [-0.1, -0.05) is 230 Å². The second kappa shape index (κ2) is 18.1. The minimum absolute atomic E-state index is 0.162. The Morgan fingerprint density at radius 2 is 0.482 bits per heavy atom. The van der Waals surface area contributed by atoms with Crippen LogP contribution in [0, 0.1) is 0 Å². The highest BCUT2D eigenvalue weighted by Gasteiger charge is 2.39. The normalized spacial score (nSPS) is 14.4. The van der Waals surface area contributed by atoms with Crippen LogP contribution >= 0.6 is 0 Å². The molecule has 1 heterocycles. The Hall–Kier alpha value is -9.76. The predicted octanol–water partition coefficient (Wildman–Crippen LogP) is 21.4. The molecular formula is C81H60N2. The summed E-state index contributed by atoms with van der Waals surface area (Å²) in [5, 5.41) is 2.53. The molecule has 0 aliphatic heterocycles. The quantitative estimate of drug-likeness (QED) is 0.159. The molecule has 394 valence electrons. The van der Waals surface area contributed by atoms with Crippen LogP contribution in [0.4, 0.5) is 0 Å². The van der Waals surface area contributed by atoms with Gasteiger partial charge in [-0.25, -0.2) is 9.97 Å². The van der Waals surface area contributed by atoms with E-state index < -0.39 is 0 Å². The first-order valence-corrected chi connectivity index (χ1v) is 29.3. The number of aromatic nitrogens is 2. The highest BCUT2D eigenvalue weighted by molar-refractivity contribution is 5.93. The summed E-state index contributed by atoms with van der Waals surface area (Å²) in [4.78, 5) is 10.4. The van der Waals surface area contributed by atoms with E-state index in [1.807, 2.05) is 30.3 Å². The van der Waals surface area contributed by atoms with Crippen LogP contribution < -0.4 is 0 Å². The van der Waals surface area contributed by atoms with Gasteiger partial charge in [0.25, 0.3) is 0 Å². The largest absolute Gasteiger partial charge is 0.244 e. The Morgan fingerprint density at radius 3 is 0.880 bits per heavy atom. The molecule has 16 rings (SSSR count). The Morgan fingerprint density at radius 1 is 0.205 bits per heavy atom. The number of rotatable bonds is 7. The molecule has 0 atom stereocenters. The Bertz CT molecular complexity index is 4880. The first kappa shape index (κ1) is 49.1. The molecule has 12 aromatic carbocycles. The fourth-order valence-electron chi connectivity index (χ4n) is 14.4.